The van der Waals surface area contributed by atoms with Gasteiger partial charge < -0.3 is 15.0 Å². The van der Waals surface area contributed by atoms with E-state index >= 15 is 0 Å². The molecule has 0 radical (unpaired) electrons. The number of nitrogens with zero attached hydrogens (tertiary/aromatic N) is 1. The SMILES string of the molecule is Cc1[nH]c2c(C(=O)N3CCCC(C)(C(=O)O)C3)cccc2c1C. The zero-order valence-electron chi connectivity index (χ0n) is 13.8. The number of aromatic amines is 1. The summed E-state index contributed by atoms with van der Waals surface area (Å²) >= 11 is 0. The van der Waals surface area contributed by atoms with Crippen LogP contribution in [0.4, 0.5) is 0 Å². The number of amides is 1. The van der Waals surface area contributed by atoms with Crippen LogP contribution in [0.15, 0.2) is 18.2 Å². The Labute approximate surface area is 135 Å². The van der Waals surface area contributed by atoms with Crippen LogP contribution in [-0.4, -0.2) is 40.0 Å². The number of carbonyl (C=O) groups excluding carboxylic acids is 1. The molecule has 1 atom stereocenters. The molecule has 1 aromatic carbocycles. The molecule has 0 aliphatic carbocycles. The third-order valence-corrected chi connectivity index (χ3v) is 5.07. The van der Waals surface area contributed by atoms with Gasteiger partial charge in [-0.25, -0.2) is 0 Å². The zero-order valence-corrected chi connectivity index (χ0v) is 13.8. The van der Waals surface area contributed by atoms with E-state index < -0.39 is 11.4 Å². The van der Waals surface area contributed by atoms with Gasteiger partial charge in [0.25, 0.3) is 5.91 Å². The third-order valence-electron chi connectivity index (χ3n) is 5.07. The molecule has 1 saturated heterocycles. The monoisotopic (exact) mass is 314 g/mol. The number of likely N-dealkylation sites (tertiary alicyclic amines) is 1. The van der Waals surface area contributed by atoms with Crippen molar-refractivity contribution >= 4 is 22.8 Å². The normalized spacial score (nSPS) is 21.6. The summed E-state index contributed by atoms with van der Waals surface area (Å²) in [7, 11) is 0. The van der Waals surface area contributed by atoms with E-state index in [2.05, 4.69) is 4.98 Å². The molecule has 1 aliphatic rings. The molecule has 2 aromatic rings. The van der Waals surface area contributed by atoms with Crippen LogP contribution in [0.3, 0.4) is 0 Å². The van der Waals surface area contributed by atoms with E-state index in [-0.39, 0.29) is 12.5 Å². The van der Waals surface area contributed by atoms with E-state index in [4.69, 9.17) is 0 Å². The van der Waals surface area contributed by atoms with E-state index in [0.29, 0.717) is 24.9 Å². The maximum Gasteiger partial charge on any atom is 0.311 e. The van der Waals surface area contributed by atoms with E-state index in [1.165, 1.54) is 0 Å². The number of para-hydroxylation sites is 1. The van der Waals surface area contributed by atoms with Gasteiger partial charge in [-0.1, -0.05) is 12.1 Å². The Balaban J connectivity index is 1.98. The average Bonchev–Trinajstić information content (AvgIpc) is 2.81. The van der Waals surface area contributed by atoms with Crippen LogP contribution in [0.2, 0.25) is 0 Å². The highest BCUT2D eigenvalue weighted by atomic mass is 16.4. The van der Waals surface area contributed by atoms with Gasteiger partial charge in [0.1, 0.15) is 0 Å². The summed E-state index contributed by atoms with van der Waals surface area (Å²) < 4.78 is 0. The molecule has 23 heavy (non-hydrogen) atoms. The number of carbonyl (C=O) groups is 2. The van der Waals surface area contributed by atoms with Crippen LogP contribution in [0.5, 0.6) is 0 Å². The highest BCUT2D eigenvalue weighted by molar-refractivity contribution is 6.06. The van der Waals surface area contributed by atoms with Crippen molar-refractivity contribution in [1.29, 1.82) is 0 Å². The third kappa shape index (κ3) is 2.50. The molecule has 1 aliphatic heterocycles. The quantitative estimate of drug-likeness (QED) is 0.894. The van der Waals surface area contributed by atoms with Gasteiger partial charge >= 0.3 is 5.97 Å². The molecule has 0 spiro atoms. The largest absolute Gasteiger partial charge is 0.481 e. The van der Waals surface area contributed by atoms with Crippen molar-refractivity contribution in [2.45, 2.75) is 33.6 Å². The summed E-state index contributed by atoms with van der Waals surface area (Å²) in [6, 6.07) is 5.70. The number of nitrogens with one attached hydrogen (secondary N) is 1. The number of aliphatic carboxylic acids is 1. The van der Waals surface area contributed by atoms with Gasteiger partial charge in [-0.05, 0) is 45.2 Å². The number of hydrogen-bond acceptors (Lipinski definition) is 2. The van der Waals surface area contributed by atoms with Crippen molar-refractivity contribution in [2.24, 2.45) is 5.41 Å². The van der Waals surface area contributed by atoms with Crippen LogP contribution in [0.25, 0.3) is 10.9 Å². The van der Waals surface area contributed by atoms with Crippen molar-refractivity contribution in [1.82, 2.24) is 9.88 Å². The predicted octanol–water partition coefficient (Wildman–Crippen LogP) is 3.11. The fourth-order valence-corrected chi connectivity index (χ4v) is 3.42. The fraction of sp³-hybridized carbons (Fsp3) is 0.444. The highest BCUT2D eigenvalue weighted by Crippen LogP contribution is 2.32. The Morgan fingerprint density at radius 1 is 1.30 bits per heavy atom. The van der Waals surface area contributed by atoms with E-state index in [0.717, 1.165) is 22.2 Å². The average molecular weight is 314 g/mol. The van der Waals surface area contributed by atoms with Crippen LogP contribution in [0.1, 0.15) is 41.4 Å². The second-order valence-electron chi connectivity index (χ2n) is 6.80. The number of H-pyrrole nitrogens is 1. The number of piperidine rings is 1. The summed E-state index contributed by atoms with van der Waals surface area (Å²) in [5, 5.41) is 10.5. The number of carboxylic acids is 1. The smallest absolute Gasteiger partial charge is 0.311 e. The molecule has 5 nitrogen and oxygen atoms in total. The van der Waals surface area contributed by atoms with Gasteiger partial charge in [0.2, 0.25) is 0 Å². The number of hydrogen-bond donors (Lipinski definition) is 2. The molecule has 1 fully saturated rings. The molecule has 1 aromatic heterocycles. The minimum absolute atomic E-state index is 0.0935. The van der Waals surface area contributed by atoms with Crippen LogP contribution >= 0.6 is 0 Å². The van der Waals surface area contributed by atoms with Crippen LogP contribution in [-0.2, 0) is 4.79 Å². The van der Waals surface area contributed by atoms with Crippen molar-refractivity contribution in [3.8, 4) is 0 Å². The first-order valence-electron chi connectivity index (χ1n) is 7.94. The van der Waals surface area contributed by atoms with Crippen molar-refractivity contribution in [3.63, 3.8) is 0 Å². The van der Waals surface area contributed by atoms with Gasteiger partial charge in [0.15, 0.2) is 0 Å². The lowest BCUT2D eigenvalue weighted by Gasteiger charge is -2.37. The second kappa shape index (κ2) is 5.41. The lowest BCUT2D eigenvalue weighted by Crippen LogP contribution is -2.48. The molecule has 2 N–H and O–H groups in total. The Morgan fingerprint density at radius 2 is 2.04 bits per heavy atom. The van der Waals surface area contributed by atoms with Crippen molar-refractivity contribution < 1.29 is 14.7 Å². The topological polar surface area (TPSA) is 73.4 Å². The zero-order chi connectivity index (χ0) is 16.8. The maximum atomic E-state index is 13.0. The first kappa shape index (κ1) is 15.6. The summed E-state index contributed by atoms with van der Waals surface area (Å²) in [5.41, 5.74) is 2.80. The minimum Gasteiger partial charge on any atom is -0.481 e. The Morgan fingerprint density at radius 3 is 2.74 bits per heavy atom. The summed E-state index contributed by atoms with van der Waals surface area (Å²) in [4.78, 5) is 29.4. The lowest BCUT2D eigenvalue weighted by molar-refractivity contribution is -0.150. The predicted molar refractivity (Wildman–Crippen MR) is 88.7 cm³/mol. The maximum absolute atomic E-state index is 13.0. The molecule has 1 amide bonds. The first-order valence-corrected chi connectivity index (χ1v) is 7.94. The van der Waals surface area contributed by atoms with Gasteiger partial charge in [-0.15, -0.1) is 0 Å². The number of carboxylic acid groups (broad SMARTS) is 1. The van der Waals surface area contributed by atoms with Crippen LogP contribution in [0, 0.1) is 19.3 Å². The number of benzene rings is 1. The first-order chi connectivity index (χ1) is 10.8. The molecule has 3 rings (SSSR count). The molecule has 5 heteroatoms. The highest BCUT2D eigenvalue weighted by Gasteiger charge is 2.39. The molecule has 0 saturated carbocycles. The van der Waals surface area contributed by atoms with Gasteiger partial charge in [-0.2, -0.15) is 0 Å². The standard InChI is InChI=1S/C18H22N2O3/c1-11-12(2)19-15-13(11)6-4-7-14(15)16(21)20-9-5-8-18(3,10-20)17(22)23/h4,6-7,19H,5,8-10H2,1-3H3,(H,22,23). The van der Waals surface area contributed by atoms with E-state index in [1.54, 1.807) is 11.8 Å². The van der Waals surface area contributed by atoms with Crippen molar-refractivity contribution in [2.75, 3.05) is 13.1 Å². The summed E-state index contributed by atoms with van der Waals surface area (Å²) in [5.74, 6) is -0.927. The Hall–Kier alpha value is -2.30. The fourth-order valence-electron chi connectivity index (χ4n) is 3.42. The molecular formula is C18H22N2O3. The summed E-state index contributed by atoms with van der Waals surface area (Å²) in [6.07, 6.45) is 1.32. The number of aryl methyl sites for hydroxylation is 2. The van der Waals surface area contributed by atoms with Gasteiger partial charge in [-0.3, -0.25) is 9.59 Å². The molecule has 2 heterocycles. The van der Waals surface area contributed by atoms with Gasteiger partial charge in [0.05, 0.1) is 16.5 Å². The molecule has 122 valence electrons. The Bertz CT molecular complexity index is 793. The minimum atomic E-state index is -0.858. The van der Waals surface area contributed by atoms with E-state index in [1.807, 2.05) is 32.0 Å². The van der Waals surface area contributed by atoms with Crippen LogP contribution < -0.4 is 0 Å². The van der Waals surface area contributed by atoms with E-state index in [9.17, 15) is 14.7 Å². The summed E-state index contributed by atoms with van der Waals surface area (Å²) in [6.45, 7) is 6.61. The number of fused-ring (bicyclic) bond motifs is 1. The molecule has 1 unspecified atom stereocenters. The van der Waals surface area contributed by atoms with Gasteiger partial charge in [0, 0.05) is 24.2 Å². The second-order valence-corrected chi connectivity index (χ2v) is 6.80. The Kier molecular flexibility index (Phi) is 3.66. The number of rotatable bonds is 2. The van der Waals surface area contributed by atoms with Crippen molar-refractivity contribution in [3.05, 3.63) is 35.0 Å². The lowest BCUT2D eigenvalue weighted by atomic mass is 9.82. The molecule has 0 bridgehead atoms. The molecular weight excluding hydrogens is 292 g/mol. The number of aromatic nitrogens is 1.